The highest BCUT2D eigenvalue weighted by molar-refractivity contribution is 5.74. The lowest BCUT2D eigenvalue weighted by Crippen LogP contribution is -2.20. The van der Waals surface area contributed by atoms with E-state index in [0.717, 1.165) is 30.7 Å². The quantitative estimate of drug-likeness (QED) is 0.830. The second kappa shape index (κ2) is 4.69. The molecule has 2 aromatic rings. The van der Waals surface area contributed by atoms with Gasteiger partial charge >= 0.3 is 0 Å². The lowest BCUT2D eigenvalue weighted by molar-refractivity contribution is 0.342. The van der Waals surface area contributed by atoms with Crippen LogP contribution in [0.4, 0.5) is 0 Å². The Kier molecular flexibility index (Phi) is 3.04. The summed E-state index contributed by atoms with van der Waals surface area (Å²) >= 11 is 0. The monoisotopic (exact) mass is 244 g/mol. The lowest BCUT2D eigenvalue weighted by Gasteiger charge is -2.15. The average Bonchev–Trinajstić information content (AvgIpc) is 3.03. The zero-order chi connectivity index (χ0) is 12.5. The van der Waals surface area contributed by atoms with Crippen LogP contribution in [0.25, 0.3) is 11.0 Å². The molecule has 0 unspecified atom stereocenters. The van der Waals surface area contributed by atoms with Crippen molar-refractivity contribution in [3.05, 3.63) is 24.3 Å². The normalized spacial score (nSPS) is 20.9. The number of likely N-dealkylation sites (tertiary alicyclic amines) is 1. The Morgan fingerprint density at radius 2 is 2.22 bits per heavy atom. The van der Waals surface area contributed by atoms with Crippen LogP contribution in [-0.2, 0) is 6.42 Å². The Morgan fingerprint density at radius 1 is 1.33 bits per heavy atom. The van der Waals surface area contributed by atoms with Gasteiger partial charge < -0.3 is 9.47 Å². The number of hydrogen-bond donors (Lipinski definition) is 0. The van der Waals surface area contributed by atoms with Crippen LogP contribution in [0.15, 0.2) is 18.6 Å². The summed E-state index contributed by atoms with van der Waals surface area (Å²) in [6.07, 6.45) is 6.09. The van der Waals surface area contributed by atoms with Gasteiger partial charge in [0.2, 0.25) is 0 Å². The van der Waals surface area contributed by atoms with Gasteiger partial charge in [-0.05, 0) is 25.5 Å². The number of likely N-dealkylation sites (N-methyl/N-ethyl adjacent to an activating group) is 1. The summed E-state index contributed by atoms with van der Waals surface area (Å²) in [5, 5.41) is 0. The van der Waals surface area contributed by atoms with E-state index in [1.54, 1.807) is 0 Å². The van der Waals surface area contributed by atoms with Gasteiger partial charge in [-0.25, -0.2) is 4.98 Å². The molecule has 1 saturated heterocycles. The number of nitrogens with zero attached hydrogens (tertiary/aromatic N) is 4. The zero-order valence-corrected chi connectivity index (χ0v) is 11.1. The molecule has 0 saturated carbocycles. The molecule has 96 valence electrons. The third kappa shape index (κ3) is 1.90. The summed E-state index contributed by atoms with van der Waals surface area (Å²) < 4.78 is 2.34. The molecule has 0 spiro atoms. The van der Waals surface area contributed by atoms with Crippen LogP contribution < -0.4 is 0 Å². The molecular formula is C14H20N4. The summed E-state index contributed by atoms with van der Waals surface area (Å²) in [7, 11) is 0. The first-order chi connectivity index (χ1) is 8.81. The van der Waals surface area contributed by atoms with E-state index in [1.165, 1.54) is 18.5 Å². The second-order valence-corrected chi connectivity index (χ2v) is 5.01. The summed E-state index contributed by atoms with van der Waals surface area (Å²) in [5.41, 5.74) is 3.40. The van der Waals surface area contributed by atoms with Gasteiger partial charge in [0.15, 0.2) is 0 Å². The molecule has 4 nitrogen and oxygen atoms in total. The molecule has 1 atom stereocenters. The first kappa shape index (κ1) is 11.7. The Hall–Kier alpha value is -1.42. The summed E-state index contributed by atoms with van der Waals surface area (Å²) in [6.45, 7) is 7.86. The number of aromatic nitrogens is 3. The topological polar surface area (TPSA) is 34.0 Å². The van der Waals surface area contributed by atoms with Crippen molar-refractivity contribution in [1.29, 1.82) is 0 Å². The van der Waals surface area contributed by atoms with E-state index < -0.39 is 0 Å². The second-order valence-electron chi connectivity index (χ2n) is 5.01. The maximum Gasteiger partial charge on any atom is 0.107 e. The van der Waals surface area contributed by atoms with Crippen LogP contribution in [0.1, 0.15) is 32.0 Å². The molecule has 3 rings (SSSR count). The van der Waals surface area contributed by atoms with Gasteiger partial charge in [-0.3, -0.25) is 4.98 Å². The predicted molar refractivity (Wildman–Crippen MR) is 72.7 cm³/mol. The molecule has 4 heteroatoms. The third-order valence-electron chi connectivity index (χ3n) is 3.97. The fourth-order valence-electron chi connectivity index (χ4n) is 2.78. The fraction of sp³-hybridized carbons (Fsp3) is 0.571. The first-order valence-corrected chi connectivity index (χ1v) is 6.85. The van der Waals surface area contributed by atoms with Crippen LogP contribution >= 0.6 is 0 Å². The summed E-state index contributed by atoms with van der Waals surface area (Å²) in [5.74, 6) is 0. The van der Waals surface area contributed by atoms with Crippen LogP contribution in [0, 0.1) is 0 Å². The molecular weight excluding hydrogens is 224 g/mol. The molecule has 2 aromatic heterocycles. The number of rotatable bonds is 3. The van der Waals surface area contributed by atoms with E-state index in [-0.39, 0.29) is 0 Å². The van der Waals surface area contributed by atoms with Crippen molar-refractivity contribution in [2.75, 3.05) is 19.6 Å². The summed E-state index contributed by atoms with van der Waals surface area (Å²) in [4.78, 5) is 11.4. The number of imidazole rings is 1. The maximum atomic E-state index is 4.47. The van der Waals surface area contributed by atoms with Crippen molar-refractivity contribution in [3.63, 3.8) is 0 Å². The minimum Gasteiger partial charge on any atom is -0.326 e. The van der Waals surface area contributed by atoms with Gasteiger partial charge in [0.25, 0.3) is 0 Å². The molecule has 0 aliphatic carbocycles. The highest BCUT2D eigenvalue weighted by Crippen LogP contribution is 2.25. The van der Waals surface area contributed by atoms with Gasteiger partial charge in [0.1, 0.15) is 5.52 Å². The lowest BCUT2D eigenvalue weighted by atomic mass is 10.2. The van der Waals surface area contributed by atoms with Gasteiger partial charge in [-0.1, -0.05) is 13.8 Å². The molecule has 0 aromatic carbocycles. The SMILES string of the molecule is CCc1cc2c(cn1)ncn2[C@@H]1CCN(CC)C1. The Labute approximate surface area is 108 Å². The Balaban J connectivity index is 1.96. The molecule has 0 radical (unpaired) electrons. The number of aryl methyl sites for hydroxylation is 1. The van der Waals surface area contributed by atoms with Crippen molar-refractivity contribution >= 4 is 11.0 Å². The molecule has 0 bridgehead atoms. The number of hydrogen-bond acceptors (Lipinski definition) is 3. The van der Waals surface area contributed by atoms with Crippen molar-refractivity contribution in [2.45, 2.75) is 32.7 Å². The van der Waals surface area contributed by atoms with Crippen molar-refractivity contribution < 1.29 is 0 Å². The standard InChI is InChI=1S/C14H20N4/c1-3-11-7-14-13(8-15-11)16-10-18(14)12-5-6-17(4-2)9-12/h7-8,10,12H,3-6,9H2,1-2H3/t12-/m1/s1. The third-order valence-corrected chi connectivity index (χ3v) is 3.97. The predicted octanol–water partition coefficient (Wildman–Crippen LogP) is 2.26. The van der Waals surface area contributed by atoms with E-state index >= 15 is 0 Å². The molecule has 0 N–H and O–H groups in total. The molecule has 1 aliphatic heterocycles. The molecule has 0 amide bonds. The molecule has 3 heterocycles. The molecule has 1 aliphatic rings. The average molecular weight is 244 g/mol. The van der Waals surface area contributed by atoms with E-state index in [4.69, 9.17) is 0 Å². The fourth-order valence-corrected chi connectivity index (χ4v) is 2.78. The maximum absolute atomic E-state index is 4.47. The van der Waals surface area contributed by atoms with Crippen molar-refractivity contribution in [2.24, 2.45) is 0 Å². The molecule has 1 fully saturated rings. The van der Waals surface area contributed by atoms with Gasteiger partial charge in [-0.2, -0.15) is 0 Å². The van der Waals surface area contributed by atoms with E-state index in [0.29, 0.717) is 6.04 Å². The largest absolute Gasteiger partial charge is 0.326 e. The van der Waals surface area contributed by atoms with Crippen LogP contribution in [0.3, 0.4) is 0 Å². The van der Waals surface area contributed by atoms with E-state index in [9.17, 15) is 0 Å². The smallest absolute Gasteiger partial charge is 0.107 e. The number of pyridine rings is 1. The minimum atomic E-state index is 0.571. The number of fused-ring (bicyclic) bond motifs is 1. The first-order valence-electron chi connectivity index (χ1n) is 6.85. The molecule has 18 heavy (non-hydrogen) atoms. The van der Waals surface area contributed by atoms with E-state index in [1.807, 2.05) is 12.5 Å². The Morgan fingerprint density at radius 3 is 2.94 bits per heavy atom. The minimum absolute atomic E-state index is 0.571. The van der Waals surface area contributed by atoms with Gasteiger partial charge in [0.05, 0.1) is 18.0 Å². The summed E-state index contributed by atoms with van der Waals surface area (Å²) in [6, 6.07) is 2.76. The van der Waals surface area contributed by atoms with Crippen molar-refractivity contribution in [1.82, 2.24) is 19.4 Å². The van der Waals surface area contributed by atoms with Crippen LogP contribution in [0.2, 0.25) is 0 Å². The van der Waals surface area contributed by atoms with Crippen LogP contribution in [0.5, 0.6) is 0 Å². The van der Waals surface area contributed by atoms with Gasteiger partial charge in [-0.15, -0.1) is 0 Å². The Bertz CT molecular complexity index is 546. The zero-order valence-electron chi connectivity index (χ0n) is 11.1. The van der Waals surface area contributed by atoms with Crippen LogP contribution in [-0.4, -0.2) is 39.1 Å². The van der Waals surface area contributed by atoms with Gasteiger partial charge in [0, 0.05) is 24.8 Å². The van der Waals surface area contributed by atoms with Crippen molar-refractivity contribution in [3.8, 4) is 0 Å². The van der Waals surface area contributed by atoms with E-state index in [2.05, 4.69) is 39.3 Å². The highest BCUT2D eigenvalue weighted by atomic mass is 15.2. The highest BCUT2D eigenvalue weighted by Gasteiger charge is 2.23.